The number of amides is 1. The van der Waals surface area contributed by atoms with Crippen LogP contribution in [0.2, 0.25) is 0 Å². The van der Waals surface area contributed by atoms with E-state index >= 15 is 0 Å². The summed E-state index contributed by atoms with van der Waals surface area (Å²) in [6, 6.07) is 12.7. The van der Waals surface area contributed by atoms with E-state index in [1.165, 1.54) is 0 Å². The van der Waals surface area contributed by atoms with Crippen LogP contribution in [0.3, 0.4) is 0 Å². The number of rotatable bonds is 6. The summed E-state index contributed by atoms with van der Waals surface area (Å²) in [4.78, 5) is 39.1. The van der Waals surface area contributed by atoms with Crippen molar-refractivity contribution in [3.63, 3.8) is 0 Å². The van der Waals surface area contributed by atoms with Crippen molar-refractivity contribution in [2.45, 2.75) is 39.3 Å². The predicted octanol–water partition coefficient (Wildman–Crippen LogP) is 1.96. The summed E-state index contributed by atoms with van der Waals surface area (Å²) in [6.45, 7) is 3.81. The summed E-state index contributed by atoms with van der Waals surface area (Å²) in [5, 5.41) is 6.97. The predicted molar refractivity (Wildman–Crippen MR) is 116 cm³/mol. The van der Waals surface area contributed by atoms with Crippen LogP contribution in [0, 0.1) is 13.8 Å². The minimum absolute atomic E-state index is 0.00804. The number of hydrogen-bond acceptors (Lipinski definition) is 5. The lowest BCUT2D eigenvalue weighted by Gasteiger charge is -2.13. The van der Waals surface area contributed by atoms with E-state index in [1.807, 2.05) is 19.9 Å². The molecule has 1 aromatic heterocycles. The molecule has 0 spiro atoms. The maximum Gasteiger partial charge on any atom is 0.352 e. The molecule has 0 saturated heterocycles. The molecular weight excluding hydrogens is 396 g/mol. The lowest BCUT2D eigenvalue weighted by molar-refractivity contribution is 0.0941. The van der Waals surface area contributed by atoms with Crippen molar-refractivity contribution in [1.82, 2.24) is 19.7 Å². The van der Waals surface area contributed by atoms with E-state index in [2.05, 4.69) is 10.4 Å². The Hall–Kier alpha value is -3.68. The number of aryl methyl sites for hydroxylation is 2. The summed E-state index contributed by atoms with van der Waals surface area (Å²) in [5.74, 6) is 0.0472. The molecule has 1 saturated carbocycles. The van der Waals surface area contributed by atoms with E-state index in [1.54, 1.807) is 43.5 Å². The van der Waals surface area contributed by atoms with Gasteiger partial charge in [-0.05, 0) is 67.6 Å². The Morgan fingerprint density at radius 1 is 1.13 bits per heavy atom. The average Bonchev–Trinajstić information content (AvgIpc) is 3.54. The maximum absolute atomic E-state index is 13.3. The molecule has 8 nitrogen and oxygen atoms in total. The van der Waals surface area contributed by atoms with E-state index in [4.69, 9.17) is 4.74 Å². The smallest absolute Gasteiger partial charge is 0.352 e. The van der Waals surface area contributed by atoms with E-state index < -0.39 is 17.2 Å². The van der Waals surface area contributed by atoms with Crippen LogP contribution < -0.4 is 21.3 Å². The van der Waals surface area contributed by atoms with Gasteiger partial charge in [-0.25, -0.2) is 4.79 Å². The lowest BCUT2D eigenvalue weighted by Crippen LogP contribution is -2.46. The fourth-order valence-electron chi connectivity index (χ4n) is 3.47. The largest absolute Gasteiger partial charge is 0.497 e. The number of nitrogens with zero attached hydrogens (tertiary/aromatic N) is 3. The first kappa shape index (κ1) is 20.6. The molecule has 1 fully saturated rings. The molecule has 31 heavy (non-hydrogen) atoms. The van der Waals surface area contributed by atoms with Gasteiger partial charge in [-0.1, -0.05) is 18.2 Å². The van der Waals surface area contributed by atoms with Crippen LogP contribution in [-0.2, 0) is 6.54 Å². The average molecular weight is 420 g/mol. The lowest BCUT2D eigenvalue weighted by atomic mass is 10.1. The second-order valence-electron chi connectivity index (χ2n) is 7.88. The zero-order chi connectivity index (χ0) is 22.1. The van der Waals surface area contributed by atoms with Crippen LogP contribution >= 0.6 is 0 Å². The van der Waals surface area contributed by atoms with Gasteiger partial charge in [0, 0.05) is 6.04 Å². The van der Waals surface area contributed by atoms with Crippen LogP contribution in [0.1, 0.15) is 40.0 Å². The van der Waals surface area contributed by atoms with Crippen molar-refractivity contribution in [3.05, 3.63) is 85.7 Å². The van der Waals surface area contributed by atoms with Crippen molar-refractivity contribution in [1.29, 1.82) is 0 Å². The monoisotopic (exact) mass is 420 g/mol. The molecule has 0 bridgehead atoms. The number of methoxy groups -OCH3 is 1. The third kappa shape index (κ3) is 4.42. The van der Waals surface area contributed by atoms with Crippen molar-refractivity contribution in [2.75, 3.05) is 7.11 Å². The Morgan fingerprint density at radius 2 is 1.84 bits per heavy atom. The molecule has 1 aliphatic carbocycles. The number of ether oxygens (including phenoxy) is 1. The number of benzene rings is 2. The van der Waals surface area contributed by atoms with Gasteiger partial charge < -0.3 is 10.1 Å². The Balaban J connectivity index is 1.88. The molecule has 0 atom stereocenters. The van der Waals surface area contributed by atoms with Crippen LogP contribution in [0.25, 0.3) is 5.69 Å². The topological polar surface area (TPSA) is 95.2 Å². The van der Waals surface area contributed by atoms with Crippen molar-refractivity contribution in [3.8, 4) is 11.4 Å². The van der Waals surface area contributed by atoms with Gasteiger partial charge in [0.25, 0.3) is 11.5 Å². The Kier molecular flexibility index (Phi) is 5.46. The minimum atomic E-state index is -0.716. The number of carbonyl (C=O) groups is 1. The van der Waals surface area contributed by atoms with Gasteiger partial charge in [-0.2, -0.15) is 9.78 Å². The minimum Gasteiger partial charge on any atom is -0.497 e. The molecule has 3 aromatic rings. The SMILES string of the molecule is COc1cccc(Cn2c(=O)c(C(=O)NC3CC3)nn(-c3cc(C)cc(C)c3)c2=O)c1. The van der Waals surface area contributed by atoms with Gasteiger partial charge in [-0.3, -0.25) is 14.2 Å². The summed E-state index contributed by atoms with van der Waals surface area (Å²) in [7, 11) is 1.55. The molecule has 160 valence electrons. The van der Waals surface area contributed by atoms with Crippen molar-refractivity contribution < 1.29 is 9.53 Å². The second kappa shape index (κ2) is 8.22. The number of carbonyl (C=O) groups excluding carboxylic acids is 1. The highest BCUT2D eigenvalue weighted by atomic mass is 16.5. The molecule has 2 aromatic carbocycles. The molecule has 0 unspecified atom stereocenters. The highest BCUT2D eigenvalue weighted by molar-refractivity contribution is 5.92. The molecule has 1 amide bonds. The fourth-order valence-corrected chi connectivity index (χ4v) is 3.47. The first-order valence-electron chi connectivity index (χ1n) is 10.1. The van der Waals surface area contributed by atoms with Gasteiger partial charge in [0.05, 0.1) is 19.3 Å². The summed E-state index contributed by atoms with van der Waals surface area (Å²) >= 11 is 0. The summed E-state index contributed by atoms with van der Waals surface area (Å²) < 4.78 is 7.41. The highest BCUT2D eigenvalue weighted by Gasteiger charge is 2.27. The van der Waals surface area contributed by atoms with Crippen LogP contribution in [0.15, 0.2) is 52.1 Å². The van der Waals surface area contributed by atoms with Gasteiger partial charge in [0.2, 0.25) is 5.69 Å². The molecule has 8 heteroatoms. The van der Waals surface area contributed by atoms with Gasteiger partial charge in [-0.15, -0.1) is 0 Å². The van der Waals surface area contributed by atoms with Gasteiger partial charge >= 0.3 is 5.69 Å². The van der Waals surface area contributed by atoms with Gasteiger partial charge in [0.15, 0.2) is 0 Å². The van der Waals surface area contributed by atoms with Gasteiger partial charge in [0.1, 0.15) is 5.75 Å². The zero-order valence-corrected chi connectivity index (χ0v) is 17.7. The van der Waals surface area contributed by atoms with Crippen molar-refractivity contribution >= 4 is 5.91 Å². The summed E-state index contributed by atoms with van der Waals surface area (Å²) in [6.07, 6.45) is 1.75. The quantitative estimate of drug-likeness (QED) is 0.658. The molecule has 4 rings (SSSR count). The molecule has 1 heterocycles. The Morgan fingerprint density at radius 3 is 2.48 bits per heavy atom. The van der Waals surface area contributed by atoms with Crippen molar-refractivity contribution in [2.24, 2.45) is 0 Å². The number of aromatic nitrogens is 3. The zero-order valence-electron chi connectivity index (χ0n) is 17.7. The van der Waals surface area contributed by atoms with E-state index in [0.29, 0.717) is 17.0 Å². The van der Waals surface area contributed by atoms with Crippen LogP contribution in [-0.4, -0.2) is 33.4 Å². The third-order valence-electron chi connectivity index (χ3n) is 5.11. The first-order valence-corrected chi connectivity index (χ1v) is 10.1. The first-order chi connectivity index (χ1) is 14.9. The molecule has 0 radical (unpaired) electrons. The van der Waals surface area contributed by atoms with E-state index in [9.17, 15) is 14.4 Å². The normalized spacial score (nSPS) is 13.1. The van der Waals surface area contributed by atoms with Crippen LogP contribution in [0.5, 0.6) is 5.75 Å². The Labute approximate surface area is 179 Å². The third-order valence-corrected chi connectivity index (χ3v) is 5.11. The van der Waals surface area contributed by atoms with Crippen LogP contribution in [0.4, 0.5) is 0 Å². The fraction of sp³-hybridized carbons (Fsp3) is 0.304. The second-order valence-corrected chi connectivity index (χ2v) is 7.88. The molecule has 0 aliphatic heterocycles. The highest BCUT2D eigenvalue weighted by Crippen LogP contribution is 2.19. The number of hydrogen-bond donors (Lipinski definition) is 1. The molecule has 1 N–H and O–H groups in total. The Bertz CT molecular complexity index is 1250. The maximum atomic E-state index is 13.3. The number of nitrogens with one attached hydrogen (secondary N) is 1. The summed E-state index contributed by atoms with van der Waals surface area (Å²) in [5.41, 5.74) is 1.46. The van der Waals surface area contributed by atoms with E-state index in [-0.39, 0.29) is 18.3 Å². The van der Waals surface area contributed by atoms with E-state index in [0.717, 1.165) is 33.2 Å². The molecule has 1 aliphatic rings. The standard InChI is InChI=1S/C23H24N4O4/c1-14-9-15(2)11-18(10-14)27-23(30)26(13-16-5-4-6-19(12-16)31-3)22(29)20(25-27)21(28)24-17-7-8-17/h4-6,9-12,17H,7-8,13H2,1-3H3,(H,24,28). The molecular formula is C23H24N4O4.